The van der Waals surface area contributed by atoms with E-state index in [1.165, 1.54) is 12.1 Å². The topological polar surface area (TPSA) is 49.3 Å². The van der Waals surface area contributed by atoms with Gasteiger partial charge in [-0.2, -0.15) is 0 Å². The second-order valence-electron chi connectivity index (χ2n) is 3.80. The van der Waals surface area contributed by atoms with E-state index in [0.717, 1.165) is 0 Å². The summed E-state index contributed by atoms with van der Waals surface area (Å²) in [5.74, 6) is -0.0323. The summed E-state index contributed by atoms with van der Waals surface area (Å²) in [6.07, 6.45) is 0. The molecule has 0 fully saturated rings. The molecule has 0 bridgehead atoms. The molecule has 3 nitrogen and oxygen atoms in total. The molecular formula is C11H13BrClNO2. The molecule has 0 heterocycles. The maximum absolute atomic E-state index is 11.7. The van der Waals surface area contributed by atoms with Crippen LogP contribution in [0.3, 0.4) is 0 Å². The van der Waals surface area contributed by atoms with E-state index in [1.54, 1.807) is 6.07 Å². The number of hydrogen-bond acceptors (Lipinski definition) is 2. The van der Waals surface area contributed by atoms with Gasteiger partial charge in [-0.25, -0.2) is 0 Å². The maximum atomic E-state index is 11.7. The minimum absolute atomic E-state index is 0.00112. The zero-order valence-corrected chi connectivity index (χ0v) is 11.3. The van der Waals surface area contributed by atoms with Gasteiger partial charge < -0.3 is 10.4 Å². The number of benzene rings is 1. The van der Waals surface area contributed by atoms with Crippen molar-refractivity contribution in [1.82, 2.24) is 0 Å². The van der Waals surface area contributed by atoms with Gasteiger partial charge in [0.2, 0.25) is 5.91 Å². The molecule has 0 aliphatic rings. The number of phenols is 1. The van der Waals surface area contributed by atoms with Crippen molar-refractivity contribution < 1.29 is 9.90 Å². The Kier molecular flexibility index (Phi) is 4.62. The molecule has 2 N–H and O–H groups in total. The van der Waals surface area contributed by atoms with Gasteiger partial charge in [-0.3, -0.25) is 4.79 Å². The van der Waals surface area contributed by atoms with E-state index in [-0.39, 0.29) is 22.4 Å². The number of phenolic OH excluding ortho intramolecular Hbond substituents is 1. The third kappa shape index (κ3) is 3.39. The van der Waals surface area contributed by atoms with Gasteiger partial charge in [0.25, 0.3) is 0 Å². The number of anilines is 1. The van der Waals surface area contributed by atoms with Crippen LogP contribution in [-0.2, 0) is 4.79 Å². The fourth-order valence-corrected chi connectivity index (χ4v) is 1.40. The first-order chi connectivity index (χ1) is 7.41. The van der Waals surface area contributed by atoms with E-state index in [0.29, 0.717) is 10.7 Å². The second kappa shape index (κ2) is 5.55. The number of alkyl halides is 1. The number of carbonyl (C=O) groups excluding carboxylic acids is 1. The summed E-state index contributed by atoms with van der Waals surface area (Å²) in [5.41, 5.74) is 0.322. The normalized spacial score (nSPS) is 12.6. The Morgan fingerprint density at radius 3 is 2.69 bits per heavy atom. The van der Waals surface area contributed by atoms with Crippen LogP contribution in [0, 0.1) is 5.92 Å². The van der Waals surface area contributed by atoms with Crippen molar-refractivity contribution >= 4 is 39.1 Å². The number of hydrogen-bond donors (Lipinski definition) is 2. The highest BCUT2D eigenvalue weighted by atomic mass is 79.9. The second-order valence-corrected chi connectivity index (χ2v) is 5.22. The first-order valence-electron chi connectivity index (χ1n) is 4.85. The van der Waals surface area contributed by atoms with Gasteiger partial charge in [0.1, 0.15) is 5.75 Å². The predicted octanol–water partition coefficient (Wildman–Crippen LogP) is 3.40. The summed E-state index contributed by atoms with van der Waals surface area (Å²) in [7, 11) is 0. The van der Waals surface area contributed by atoms with E-state index < -0.39 is 0 Å². The molecule has 0 saturated heterocycles. The van der Waals surface area contributed by atoms with Gasteiger partial charge in [-0.15, -0.1) is 0 Å². The van der Waals surface area contributed by atoms with Crippen LogP contribution in [0.1, 0.15) is 13.8 Å². The van der Waals surface area contributed by atoms with E-state index in [4.69, 9.17) is 11.6 Å². The van der Waals surface area contributed by atoms with Crippen LogP contribution in [0.25, 0.3) is 0 Å². The molecule has 1 aromatic rings. The van der Waals surface area contributed by atoms with Gasteiger partial charge >= 0.3 is 0 Å². The monoisotopic (exact) mass is 305 g/mol. The lowest BCUT2D eigenvalue weighted by Crippen LogP contribution is -2.27. The minimum atomic E-state index is -0.300. The minimum Gasteiger partial charge on any atom is -0.506 e. The van der Waals surface area contributed by atoms with Crippen molar-refractivity contribution in [3.05, 3.63) is 23.2 Å². The first kappa shape index (κ1) is 13.3. The van der Waals surface area contributed by atoms with Gasteiger partial charge in [-0.05, 0) is 24.1 Å². The summed E-state index contributed by atoms with van der Waals surface area (Å²) in [5, 5.41) is 12.6. The highest BCUT2D eigenvalue weighted by Crippen LogP contribution is 2.27. The van der Waals surface area contributed by atoms with Crippen LogP contribution in [-0.4, -0.2) is 15.8 Å². The molecule has 1 aromatic carbocycles. The van der Waals surface area contributed by atoms with Crippen molar-refractivity contribution in [3.8, 4) is 5.75 Å². The summed E-state index contributed by atoms with van der Waals surface area (Å²) >= 11 is 9.05. The van der Waals surface area contributed by atoms with Gasteiger partial charge in [0.15, 0.2) is 0 Å². The van der Waals surface area contributed by atoms with Gasteiger partial charge in [0, 0.05) is 5.02 Å². The van der Waals surface area contributed by atoms with E-state index >= 15 is 0 Å². The van der Waals surface area contributed by atoms with Gasteiger partial charge in [0.05, 0.1) is 10.5 Å². The standard InChI is InChI=1S/C11H13BrClNO2/c1-6(2)10(12)11(16)14-8-5-7(13)3-4-9(8)15/h3-6,10,15H,1-2H3,(H,14,16). The Morgan fingerprint density at radius 1 is 1.50 bits per heavy atom. The van der Waals surface area contributed by atoms with Crippen molar-refractivity contribution in [2.75, 3.05) is 5.32 Å². The molecule has 5 heteroatoms. The van der Waals surface area contributed by atoms with Crippen molar-refractivity contribution in [2.24, 2.45) is 5.92 Å². The zero-order chi connectivity index (χ0) is 12.3. The summed E-state index contributed by atoms with van der Waals surface area (Å²) in [4.78, 5) is 11.4. The summed E-state index contributed by atoms with van der Waals surface area (Å²) in [6, 6.07) is 4.51. The quantitative estimate of drug-likeness (QED) is 0.664. The Bertz CT molecular complexity index is 396. The van der Waals surface area contributed by atoms with Crippen molar-refractivity contribution in [3.63, 3.8) is 0 Å². The van der Waals surface area contributed by atoms with Crippen molar-refractivity contribution in [1.29, 1.82) is 0 Å². The summed E-state index contributed by atoms with van der Waals surface area (Å²) in [6.45, 7) is 3.85. The Morgan fingerprint density at radius 2 is 2.12 bits per heavy atom. The van der Waals surface area contributed by atoms with E-state index in [2.05, 4.69) is 21.2 Å². The molecule has 1 atom stereocenters. The molecule has 16 heavy (non-hydrogen) atoms. The average molecular weight is 307 g/mol. The zero-order valence-electron chi connectivity index (χ0n) is 9.00. The van der Waals surface area contributed by atoms with Crippen molar-refractivity contribution in [2.45, 2.75) is 18.7 Å². The molecule has 0 saturated carbocycles. The van der Waals surface area contributed by atoms with E-state index in [1.807, 2.05) is 13.8 Å². The lowest BCUT2D eigenvalue weighted by atomic mass is 10.1. The lowest BCUT2D eigenvalue weighted by Gasteiger charge is -2.14. The number of halogens is 2. The largest absolute Gasteiger partial charge is 0.506 e. The van der Waals surface area contributed by atoms with Crippen LogP contribution in [0.15, 0.2) is 18.2 Å². The molecule has 1 amide bonds. The number of aromatic hydroxyl groups is 1. The predicted molar refractivity (Wildman–Crippen MR) is 69.3 cm³/mol. The molecule has 0 aliphatic carbocycles. The number of nitrogens with one attached hydrogen (secondary N) is 1. The number of amides is 1. The SMILES string of the molecule is CC(C)C(Br)C(=O)Nc1cc(Cl)ccc1O. The molecule has 0 spiro atoms. The van der Waals surface area contributed by atoms with Crippen LogP contribution in [0.2, 0.25) is 5.02 Å². The fraction of sp³-hybridized carbons (Fsp3) is 0.364. The molecule has 1 rings (SSSR count). The van der Waals surface area contributed by atoms with Crippen LogP contribution in [0.4, 0.5) is 5.69 Å². The molecule has 88 valence electrons. The maximum Gasteiger partial charge on any atom is 0.238 e. The molecule has 0 aromatic heterocycles. The number of rotatable bonds is 3. The van der Waals surface area contributed by atoms with Crippen LogP contribution < -0.4 is 5.32 Å². The Labute approximate surface area is 108 Å². The van der Waals surface area contributed by atoms with E-state index in [9.17, 15) is 9.90 Å². The smallest absolute Gasteiger partial charge is 0.238 e. The van der Waals surface area contributed by atoms with Gasteiger partial charge in [-0.1, -0.05) is 41.4 Å². The third-order valence-corrected chi connectivity index (χ3v) is 3.76. The van der Waals surface area contributed by atoms with Crippen LogP contribution >= 0.6 is 27.5 Å². The Hall–Kier alpha value is -0.740. The molecule has 1 unspecified atom stereocenters. The molecule has 0 radical (unpaired) electrons. The van der Waals surface area contributed by atoms with Crippen LogP contribution in [0.5, 0.6) is 5.75 Å². The lowest BCUT2D eigenvalue weighted by molar-refractivity contribution is -0.116. The molecule has 0 aliphatic heterocycles. The highest BCUT2D eigenvalue weighted by molar-refractivity contribution is 9.10. The number of carbonyl (C=O) groups is 1. The Balaban J connectivity index is 2.80. The summed E-state index contributed by atoms with van der Waals surface area (Å²) < 4.78 is 0. The fourth-order valence-electron chi connectivity index (χ4n) is 1.11. The third-order valence-electron chi connectivity index (χ3n) is 2.05. The molecular weight excluding hydrogens is 293 g/mol. The first-order valence-corrected chi connectivity index (χ1v) is 6.14. The average Bonchev–Trinajstić information content (AvgIpc) is 2.22. The highest BCUT2D eigenvalue weighted by Gasteiger charge is 2.19.